The third-order valence-electron chi connectivity index (χ3n) is 4.14. The summed E-state index contributed by atoms with van der Waals surface area (Å²) in [5.41, 5.74) is 0.779. The first-order valence-corrected chi connectivity index (χ1v) is 8.92. The zero-order valence-electron chi connectivity index (χ0n) is 14.0. The van der Waals surface area contributed by atoms with Crippen molar-refractivity contribution in [3.63, 3.8) is 0 Å². The number of hydrogen-bond acceptors (Lipinski definition) is 4. The molecule has 1 aliphatic rings. The third kappa shape index (κ3) is 4.21. The molecule has 0 bridgehead atoms. The Morgan fingerprint density at radius 3 is 2.50 bits per heavy atom. The van der Waals surface area contributed by atoms with E-state index in [9.17, 15) is 14.4 Å². The lowest BCUT2D eigenvalue weighted by Crippen LogP contribution is -2.37. The Labute approximate surface area is 150 Å². The van der Waals surface area contributed by atoms with Crippen LogP contribution in [0.5, 0.6) is 0 Å². The van der Waals surface area contributed by atoms with Crippen molar-refractivity contribution in [3.05, 3.63) is 33.8 Å². The Bertz CT molecular complexity index is 644. The molecule has 0 aromatic heterocycles. The summed E-state index contributed by atoms with van der Waals surface area (Å²) in [7, 11) is 0. The van der Waals surface area contributed by atoms with Crippen LogP contribution in [-0.2, 0) is 4.79 Å². The molecule has 7 heteroatoms. The minimum absolute atomic E-state index is 0.0983. The topological polar surface area (TPSA) is 69.7 Å². The van der Waals surface area contributed by atoms with Gasteiger partial charge >= 0.3 is 0 Å². The summed E-state index contributed by atoms with van der Waals surface area (Å²) >= 11 is 3.30. The van der Waals surface area contributed by atoms with E-state index in [-0.39, 0.29) is 30.7 Å². The number of rotatable bonds is 8. The first-order valence-electron chi connectivity index (χ1n) is 8.12. The van der Waals surface area contributed by atoms with Crippen molar-refractivity contribution >= 4 is 33.7 Å². The summed E-state index contributed by atoms with van der Waals surface area (Å²) in [6.45, 7) is 7.49. The standard InChI is InChI=1S/C17H22BrN3O3/c1-3-20(4-2)10-8-19-15(22)7-9-21-16(23)13-6-5-12(18)11-14(13)17(21)24/h5-6,11H,3-4,7-10H2,1-2H3,(H,19,22). The Hall–Kier alpha value is -1.73. The number of carbonyl (C=O) groups excluding carboxylic acids is 3. The highest BCUT2D eigenvalue weighted by atomic mass is 79.9. The molecule has 0 unspecified atom stereocenters. The van der Waals surface area contributed by atoms with Crippen molar-refractivity contribution in [2.24, 2.45) is 0 Å². The first kappa shape index (κ1) is 18.6. The van der Waals surface area contributed by atoms with Gasteiger partial charge in [-0.2, -0.15) is 0 Å². The molecule has 6 nitrogen and oxygen atoms in total. The van der Waals surface area contributed by atoms with Crippen molar-refractivity contribution < 1.29 is 14.4 Å². The van der Waals surface area contributed by atoms with Gasteiger partial charge < -0.3 is 10.2 Å². The van der Waals surface area contributed by atoms with E-state index in [2.05, 4.69) is 40.0 Å². The number of hydrogen-bond donors (Lipinski definition) is 1. The summed E-state index contributed by atoms with van der Waals surface area (Å²) in [4.78, 5) is 39.8. The van der Waals surface area contributed by atoms with Crippen LogP contribution in [0, 0.1) is 0 Å². The number of likely N-dealkylation sites (N-methyl/N-ethyl adjacent to an activating group) is 1. The molecule has 0 spiro atoms. The molecule has 0 saturated heterocycles. The smallest absolute Gasteiger partial charge is 0.261 e. The minimum atomic E-state index is -0.341. The van der Waals surface area contributed by atoms with Gasteiger partial charge in [0.05, 0.1) is 11.1 Å². The molecule has 1 heterocycles. The molecule has 1 aromatic rings. The molecule has 3 amide bonds. The number of carbonyl (C=O) groups is 3. The predicted octanol–water partition coefficient (Wildman–Crippen LogP) is 1.89. The molecule has 130 valence electrons. The highest BCUT2D eigenvalue weighted by Gasteiger charge is 2.35. The van der Waals surface area contributed by atoms with Crippen LogP contribution < -0.4 is 5.32 Å². The van der Waals surface area contributed by atoms with E-state index in [0.29, 0.717) is 17.7 Å². The van der Waals surface area contributed by atoms with Crippen LogP contribution in [0.1, 0.15) is 41.0 Å². The van der Waals surface area contributed by atoms with Crippen LogP contribution in [-0.4, -0.2) is 60.2 Å². The summed E-state index contributed by atoms with van der Waals surface area (Å²) < 4.78 is 0.749. The third-order valence-corrected chi connectivity index (χ3v) is 4.63. The second kappa shape index (κ2) is 8.39. The van der Waals surface area contributed by atoms with Crippen LogP contribution in [0.15, 0.2) is 22.7 Å². The maximum Gasteiger partial charge on any atom is 0.261 e. The monoisotopic (exact) mass is 395 g/mol. The van der Waals surface area contributed by atoms with E-state index in [1.54, 1.807) is 18.2 Å². The fraction of sp³-hybridized carbons (Fsp3) is 0.471. The van der Waals surface area contributed by atoms with Crippen molar-refractivity contribution in [1.82, 2.24) is 15.1 Å². The van der Waals surface area contributed by atoms with Crippen molar-refractivity contribution in [1.29, 1.82) is 0 Å². The van der Waals surface area contributed by atoms with Gasteiger partial charge in [0.25, 0.3) is 11.8 Å². The molecule has 0 aliphatic carbocycles. The molecule has 0 atom stereocenters. The lowest BCUT2D eigenvalue weighted by atomic mass is 10.1. The van der Waals surface area contributed by atoms with Crippen LogP contribution in [0.25, 0.3) is 0 Å². The van der Waals surface area contributed by atoms with Gasteiger partial charge in [-0.05, 0) is 31.3 Å². The number of nitrogens with one attached hydrogen (secondary N) is 1. The average molecular weight is 396 g/mol. The molecule has 1 aromatic carbocycles. The second-order valence-corrected chi connectivity index (χ2v) is 6.49. The number of halogens is 1. The quantitative estimate of drug-likeness (QED) is 0.682. The average Bonchev–Trinajstić information content (AvgIpc) is 2.80. The van der Waals surface area contributed by atoms with Crippen LogP contribution in [0.2, 0.25) is 0 Å². The van der Waals surface area contributed by atoms with Crippen LogP contribution in [0.3, 0.4) is 0 Å². The van der Waals surface area contributed by atoms with E-state index in [1.807, 2.05) is 0 Å². The molecule has 1 N–H and O–H groups in total. The zero-order chi connectivity index (χ0) is 17.7. The van der Waals surface area contributed by atoms with E-state index in [1.165, 1.54) is 0 Å². The lowest BCUT2D eigenvalue weighted by Gasteiger charge is -2.18. The number of imide groups is 1. The summed E-state index contributed by atoms with van der Waals surface area (Å²) in [6, 6.07) is 5.00. The number of amides is 3. The van der Waals surface area contributed by atoms with E-state index in [0.717, 1.165) is 29.0 Å². The Balaban J connectivity index is 1.84. The SMILES string of the molecule is CCN(CC)CCNC(=O)CCN1C(=O)c2ccc(Br)cc2C1=O. The van der Waals surface area contributed by atoms with Crippen molar-refractivity contribution in [3.8, 4) is 0 Å². The van der Waals surface area contributed by atoms with E-state index < -0.39 is 0 Å². The highest BCUT2D eigenvalue weighted by molar-refractivity contribution is 9.10. The molecular weight excluding hydrogens is 374 g/mol. The molecule has 0 saturated carbocycles. The van der Waals surface area contributed by atoms with Gasteiger partial charge in [0.2, 0.25) is 5.91 Å². The summed E-state index contributed by atoms with van der Waals surface area (Å²) in [5.74, 6) is -0.828. The fourth-order valence-corrected chi connectivity index (χ4v) is 3.02. The van der Waals surface area contributed by atoms with Gasteiger partial charge in [-0.25, -0.2) is 0 Å². The summed E-state index contributed by atoms with van der Waals surface area (Å²) in [5, 5.41) is 2.83. The van der Waals surface area contributed by atoms with Gasteiger partial charge in [-0.1, -0.05) is 29.8 Å². The van der Waals surface area contributed by atoms with Crippen LogP contribution in [0.4, 0.5) is 0 Å². The van der Waals surface area contributed by atoms with E-state index in [4.69, 9.17) is 0 Å². The lowest BCUT2D eigenvalue weighted by molar-refractivity contribution is -0.121. The van der Waals surface area contributed by atoms with Gasteiger partial charge in [-0.3, -0.25) is 19.3 Å². The highest BCUT2D eigenvalue weighted by Crippen LogP contribution is 2.25. The number of nitrogens with zero attached hydrogens (tertiary/aromatic N) is 2. The first-order chi connectivity index (χ1) is 11.5. The number of fused-ring (bicyclic) bond motifs is 1. The Morgan fingerprint density at radius 2 is 1.83 bits per heavy atom. The molecule has 24 heavy (non-hydrogen) atoms. The predicted molar refractivity (Wildman–Crippen MR) is 94.9 cm³/mol. The van der Waals surface area contributed by atoms with Gasteiger partial charge in [0.15, 0.2) is 0 Å². The molecular formula is C17H22BrN3O3. The largest absolute Gasteiger partial charge is 0.355 e. The maximum absolute atomic E-state index is 12.3. The van der Waals surface area contributed by atoms with Crippen molar-refractivity contribution in [2.75, 3.05) is 32.7 Å². The summed E-state index contributed by atoms with van der Waals surface area (Å²) in [6.07, 6.45) is 0.116. The molecule has 0 fully saturated rings. The van der Waals surface area contributed by atoms with Crippen LogP contribution >= 0.6 is 15.9 Å². The zero-order valence-corrected chi connectivity index (χ0v) is 15.6. The van der Waals surface area contributed by atoms with Gasteiger partial charge in [0, 0.05) is 30.5 Å². The van der Waals surface area contributed by atoms with E-state index >= 15 is 0 Å². The second-order valence-electron chi connectivity index (χ2n) is 5.58. The maximum atomic E-state index is 12.3. The molecule has 1 aliphatic heterocycles. The molecule has 0 radical (unpaired) electrons. The van der Waals surface area contributed by atoms with Crippen molar-refractivity contribution in [2.45, 2.75) is 20.3 Å². The Morgan fingerprint density at radius 1 is 1.17 bits per heavy atom. The minimum Gasteiger partial charge on any atom is -0.355 e. The molecule has 2 rings (SSSR count). The fourth-order valence-electron chi connectivity index (χ4n) is 2.66. The number of benzene rings is 1. The normalized spacial score (nSPS) is 13.6. The Kier molecular flexibility index (Phi) is 6.51. The van der Waals surface area contributed by atoms with Gasteiger partial charge in [-0.15, -0.1) is 0 Å². The van der Waals surface area contributed by atoms with Gasteiger partial charge in [0.1, 0.15) is 0 Å².